The van der Waals surface area contributed by atoms with Crippen molar-refractivity contribution in [3.8, 4) is 0 Å². The third-order valence-electron chi connectivity index (χ3n) is 3.47. The van der Waals surface area contributed by atoms with Crippen LogP contribution in [0.4, 0.5) is 0 Å². The molecule has 2 rings (SSSR count). The molecule has 20 heavy (non-hydrogen) atoms. The highest BCUT2D eigenvalue weighted by Gasteiger charge is 2.18. The van der Waals surface area contributed by atoms with Crippen LogP contribution < -0.4 is 0 Å². The van der Waals surface area contributed by atoms with Gasteiger partial charge < -0.3 is 0 Å². The number of hydrogen-bond acceptors (Lipinski definition) is 1. The zero-order valence-corrected chi connectivity index (χ0v) is 15.5. The fourth-order valence-electron chi connectivity index (χ4n) is 2.27. The number of nitrogens with zero attached hydrogens (tertiary/aromatic N) is 2. The molecular formula is C15H17Br2ClN2. The van der Waals surface area contributed by atoms with E-state index in [4.69, 9.17) is 11.6 Å². The Balaban J connectivity index is 2.26. The van der Waals surface area contributed by atoms with Crippen LogP contribution in [0.3, 0.4) is 0 Å². The van der Waals surface area contributed by atoms with Crippen molar-refractivity contribution in [2.75, 3.05) is 5.33 Å². The Labute approximate surface area is 141 Å². The van der Waals surface area contributed by atoms with Gasteiger partial charge in [-0.2, -0.15) is 5.10 Å². The Morgan fingerprint density at radius 2 is 1.95 bits per heavy atom. The normalized spacial score (nSPS) is 12.7. The Hall–Kier alpha value is -0.320. The van der Waals surface area contributed by atoms with E-state index in [1.807, 2.05) is 11.7 Å². The van der Waals surface area contributed by atoms with E-state index >= 15 is 0 Å². The van der Waals surface area contributed by atoms with Crippen LogP contribution >= 0.6 is 43.5 Å². The number of aromatic nitrogens is 2. The first-order chi connectivity index (χ1) is 9.56. The van der Waals surface area contributed by atoms with Gasteiger partial charge in [-0.05, 0) is 36.5 Å². The zero-order valence-electron chi connectivity index (χ0n) is 11.5. The molecule has 0 aliphatic rings. The molecule has 108 valence electrons. The van der Waals surface area contributed by atoms with Gasteiger partial charge >= 0.3 is 0 Å². The van der Waals surface area contributed by atoms with Gasteiger partial charge in [0.2, 0.25) is 0 Å². The predicted octanol–water partition coefficient (Wildman–Crippen LogP) is 5.12. The molecule has 5 heteroatoms. The summed E-state index contributed by atoms with van der Waals surface area (Å²) in [5, 5.41) is 6.20. The van der Waals surface area contributed by atoms with Crippen molar-refractivity contribution in [3.63, 3.8) is 0 Å². The molecule has 0 amide bonds. The maximum atomic E-state index is 6.44. The largest absolute Gasteiger partial charge is 0.271 e. The number of aryl methyl sites for hydroxylation is 2. The maximum absolute atomic E-state index is 6.44. The van der Waals surface area contributed by atoms with Crippen LogP contribution in [0, 0.1) is 0 Å². The molecule has 1 aromatic carbocycles. The molecule has 0 N–H and O–H groups in total. The molecule has 1 aromatic heterocycles. The summed E-state index contributed by atoms with van der Waals surface area (Å²) in [7, 11) is 1.97. The van der Waals surface area contributed by atoms with Crippen LogP contribution in [0.25, 0.3) is 0 Å². The second-order valence-electron chi connectivity index (χ2n) is 4.79. The minimum Gasteiger partial charge on any atom is -0.271 e. The first kappa shape index (κ1) is 16.1. The molecule has 0 saturated carbocycles. The number of alkyl halides is 1. The molecular weight excluding hydrogens is 403 g/mol. The van der Waals surface area contributed by atoms with Crippen molar-refractivity contribution in [2.45, 2.75) is 25.7 Å². The summed E-state index contributed by atoms with van der Waals surface area (Å²) in [6, 6.07) is 8.46. The van der Waals surface area contributed by atoms with Crippen molar-refractivity contribution in [1.82, 2.24) is 9.78 Å². The Morgan fingerprint density at radius 3 is 2.45 bits per heavy atom. The lowest BCUT2D eigenvalue weighted by molar-refractivity contribution is 0.658. The van der Waals surface area contributed by atoms with Gasteiger partial charge in [-0.15, -0.1) is 0 Å². The average Bonchev–Trinajstić information content (AvgIpc) is 2.72. The standard InChI is InChI=1S/C15H17Br2ClN2/c1-3-13-15(18)14(20(2)19-13)8-11(9-16)10-4-6-12(17)7-5-10/h4-7,11H,3,8-9H2,1-2H3. The second-order valence-corrected chi connectivity index (χ2v) is 6.73. The van der Waals surface area contributed by atoms with Gasteiger partial charge in [0, 0.05) is 16.9 Å². The van der Waals surface area contributed by atoms with E-state index in [1.54, 1.807) is 0 Å². The Morgan fingerprint density at radius 1 is 1.30 bits per heavy atom. The number of halogens is 3. The van der Waals surface area contributed by atoms with Crippen molar-refractivity contribution in [2.24, 2.45) is 7.05 Å². The van der Waals surface area contributed by atoms with Crippen LogP contribution in [-0.4, -0.2) is 15.1 Å². The fraction of sp³-hybridized carbons (Fsp3) is 0.400. The van der Waals surface area contributed by atoms with Crippen LogP contribution in [0.2, 0.25) is 5.02 Å². The molecule has 1 heterocycles. The molecule has 0 spiro atoms. The topological polar surface area (TPSA) is 17.8 Å². The minimum absolute atomic E-state index is 0.390. The Bertz CT molecular complexity index is 578. The van der Waals surface area contributed by atoms with E-state index in [1.165, 1.54) is 5.56 Å². The first-order valence-electron chi connectivity index (χ1n) is 6.58. The van der Waals surface area contributed by atoms with Crippen molar-refractivity contribution in [1.29, 1.82) is 0 Å². The van der Waals surface area contributed by atoms with Crippen molar-refractivity contribution >= 4 is 43.5 Å². The van der Waals surface area contributed by atoms with Crippen LogP contribution in [0.15, 0.2) is 28.7 Å². The SMILES string of the molecule is CCc1nn(C)c(CC(CBr)c2ccc(Br)cc2)c1Cl. The summed E-state index contributed by atoms with van der Waals surface area (Å²) in [6.45, 7) is 2.08. The van der Waals surface area contributed by atoms with Gasteiger partial charge in [0.25, 0.3) is 0 Å². The number of hydrogen-bond donors (Lipinski definition) is 0. The summed E-state index contributed by atoms with van der Waals surface area (Å²) in [5.41, 5.74) is 3.39. The zero-order chi connectivity index (χ0) is 14.7. The lowest BCUT2D eigenvalue weighted by atomic mass is 9.96. The highest BCUT2D eigenvalue weighted by atomic mass is 79.9. The second kappa shape index (κ2) is 7.10. The quantitative estimate of drug-likeness (QED) is 0.614. The van der Waals surface area contributed by atoms with Gasteiger partial charge in [0.1, 0.15) is 0 Å². The summed E-state index contributed by atoms with van der Waals surface area (Å²) >= 11 is 13.5. The van der Waals surface area contributed by atoms with Gasteiger partial charge in [-0.3, -0.25) is 4.68 Å². The fourth-order valence-corrected chi connectivity index (χ4v) is 3.51. The molecule has 0 aliphatic heterocycles. The maximum Gasteiger partial charge on any atom is 0.0849 e. The van der Waals surface area contributed by atoms with Gasteiger partial charge in [-0.1, -0.05) is 62.5 Å². The van der Waals surface area contributed by atoms with E-state index in [0.29, 0.717) is 5.92 Å². The molecule has 0 aliphatic carbocycles. The van der Waals surface area contributed by atoms with Crippen molar-refractivity contribution in [3.05, 3.63) is 50.7 Å². The average molecular weight is 421 g/mol. The molecule has 2 aromatic rings. The lowest BCUT2D eigenvalue weighted by Gasteiger charge is -2.15. The number of benzene rings is 1. The van der Waals surface area contributed by atoms with Gasteiger partial charge in [0.05, 0.1) is 16.4 Å². The predicted molar refractivity (Wildman–Crippen MR) is 92.0 cm³/mol. The summed E-state index contributed by atoms with van der Waals surface area (Å²) in [5.74, 6) is 0.390. The summed E-state index contributed by atoms with van der Waals surface area (Å²) in [6.07, 6.45) is 1.75. The molecule has 1 unspecified atom stereocenters. The van der Waals surface area contributed by atoms with E-state index in [2.05, 4.69) is 68.1 Å². The highest BCUT2D eigenvalue weighted by molar-refractivity contribution is 9.10. The molecule has 0 saturated heterocycles. The van der Waals surface area contributed by atoms with Gasteiger partial charge in [-0.25, -0.2) is 0 Å². The molecule has 0 radical (unpaired) electrons. The number of rotatable bonds is 5. The minimum atomic E-state index is 0.390. The lowest BCUT2D eigenvalue weighted by Crippen LogP contribution is -2.08. The Kier molecular flexibility index (Phi) is 5.70. The molecule has 0 bridgehead atoms. The smallest absolute Gasteiger partial charge is 0.0849 e. The van der Waals surface area contributed by atoms with Gasteiger partial charge in [0.15, 0.2) is 0 Å². The van der Waals surface area contributed by atoms with E-state index in [-0.39, 0.29) is 0 Å². The summed E-state index contributed by atoms with van der Waals surface area (Å²) < 4.78 is 3.01. The highest BCUT2D eigenvalue weighted by Crippen LogP contribution is 2.29. The van der Waals surface area contributed by atoms with E-state index in [9.17, 15) is 0 Å². The molecule has 2 nitrogen and oxygen atoms in total. The first-order valence-corrected chi connectivity index (χ1v) is 8.87. The van der Waals surface area contributed by atoms with E-state index in [0.717, 1.165) is 39.1 Å². The monoisotopic (exact) mass is 418 g/mol. The van der Waals surface area contributed by atoms with Crippen LogP contribution in [-0.2, 0) is 19.9 Å². The van der Waals surface area contributed by atoms with E-state index < -0.39 is 0 Å². The molecule has 0 fully saturated rings. The van der Waals surface area contributed by atoms with Crippen molar-refractivity contribution < 1.29 is 0 Å². The summed E-state index contributed by atoms with van der Waals surface area (Å²) in [4.78, 5) is 0. The third-order valence-corrected chi connectivity index (χ3v) is 5.22. The van der Waals surface area contributed by atoms with Crippen LogP contribution in [0.5, 0.6) is 0 Å². The van der Waals surface area contributed by atoms with Crippen LogP contribution in [0.1, 0.15) is 29.8 Å². The third kappa shape index (κ3) is 3.46. The molecule has 1 atom stereocenters.